The molecule has 1 saturated heterocycles. The molecule has 0 bridgehead atoms. The third-order valence-corrected chi connectivity index (χ3v) is 9.35. The minimum absolute atomic E-state index is 0.0619. The summed E-state index contributed by atoms with van der Waals surface area (Å²) >= 11 is 0. The number of imide groups is 1. The van der Waals surface area contributed by atoms with Crippen molar-refractivity contribution in [1.82, 2.24) is 4.90 Å². The van der Waals surface area contributed by atoms with Crippen LogP contribution in [0, 0.1) is 17.8 Å². The van der Waals surface area contributed by atoms with Crippen LogP contribution in [0.5, 0.6) is 17.2 Å². The molecule has 2 fully saturated rings. The van der Waals surface area contributed by atoms with Crippen molar-refractivity contribution in [3.63, 3.8) is 0 Å². The molecule has 0 unspecified atom stereocenters. The number of Topliss-reactive ketones (excluding diaryl/α,β-unsaturated/α-hetero) is 1. The Balaban J connectivity index is 1.52. The number of nitrogens with zero attached hydrogens (tertiary/aromatic N) is 1. The van der Waals surface area contributed by atoms with Crippen molar-refractivity contribution in [2.24, 2.45) is 17.8 Å². The number of ketones is 2. The van der Waals surface area contributed by atoms with Crippen LogP contribution >= 0.6 is 0 Å². The maximum atomic E-state index is 14.0. The van der Waals surface area contributed by atoms with E-state index in [2.05, 4.69) is 0 Å². The van der Waals surface area contributed by atoms with Crippen LogP contribution < -0.4 is 9.47 Å². The van der Waals surface area contributed by atoms with Crippen molar-refractivity contribution in [1.29, 1.82) is 0 Å². The lowest BCUT2D eigenvalue weighted by molar-refractivity contribution is -0.143. The summed E-state index contributed by atoms with van der Waals surface area (Å²) in [5.74, 6) is -2.34. The Hall–Kier alpha value is -3.68. The standard InChI is InChI=1S/C31H33NO7/c1-15-11-22(34)26-21(29(15)35)14-20-18(27(26)28-23(38-2)12-17(33)13-24(28)39-3)9-10-19-25(20)31(37)32(30(19)36)16-7-5-4-6-8-16/h9,11-13,16,19-20,25,27,33H,4-8,10,14H2,1-3H3/t19-,20+,25-,27-/m0/s1. The Morgan fingerprint density at radius 2 is 1.59 bits per heavy atom. The molecule has 1 heterocycles. The number of amides is 2. The average molecular weight is 532 g/mol. The lowest BCUT2D eigenvalue weighted by Crippen LogP contribution is -2.43. The Morgan fingerprint density at radius 1 is 0.923 bits per heavy atom. The van der Waals surface area contributed by atoms with Gasteiger partial charge in [0.05, 0.1) is 26.1 Å². The van der Waals surface area contributed by atoms with E-state index in [0.717, 1.165) is 37.7 Å². The van der Waals surface area contributed by atoms with Crippen molar-refractivity contribution in [2.75, 3.05) is 14.2 Å². The Kier molecular flexibility index (Phi) is 6.24. The monoisotopic (exact) mass is 531 g/mol. The molecule has 2 amide bonds. The fraction of sp³-hybridized carbons (Fsp3) is 0.484. The zero-order valence-corrected chi connectivity index (χ0v) is 22.5. The summed E-state index contributed by atoms with van der Waals surface area (Å²) in [5, 5.41) is 10.3. The molecule has 1 saturated carbocycles. The highest BCUT2D eigenvalue weighted by Crippen LogP contribution is 2.58. The van der Waals surface area contributed by atoms with Crippen LogP contribution in [0.15, 0.2) is 46.6 Å². The lowest BCUT2D eigenvalue weighted by atomic mass is 9.59. The van der Waals surface area contributed by atoms with Crippen molar-refractivity contribution in [3.8, 4) is 17.2 Å². The number of fused-ring (bicyclic) bond motifs is 3. The van der Waals surface area contributed by atoms with E-state index >= 15 is 0 Å². The van der Waals surface area contributed by atoms with Crippen LogP contribution in [-0.2, 0) is 19.2 Å². The number of allylic oxidation sites excluding steroid dienone is 6. The highest BCUT2D eigenvalue weighted by molar-refractivity contribution is 6.24. The third-order valence-electron chi connectivity index (χ3n) is 9.35. The van der Waals surface area contributed by atoms with E-state index in [9.17, 15) is 24.3 Å². The fourth-order valence-corrected chi connectivity index (χ4v) is 7.65. The Morgan fingerprint density at radius 3 is 2.23 bits per heavy atom. The van der Waals surface area contributed by atoms with Gasteiger partial charge in [-0.2, -0.15) is 0 Å². The number of phenols is 1. The quantitative estimate of drug-likeness (QED) is 0.353. The maximum Gasteiger partial charge on any atom is 0.233 e. The van der Waals surface area contributed by atoms with E-state index in [1.807, 2.05) is 6.08 Å². The minimum atomic E-state index is -0.711. The number of rotatable bonds is 4. The van der Waals surface area contributed by atoms with Gasteiger partial charge in [0.25, 0.3) is 0 Å². The van der Waals surface area contributed by atoms with Gasteiger partial charge >= 0.3 is 0 Å². The first kappa shape index (κ1) is 25.6. The number of likely N-dealkylation sites (tertiary alicyclic amines) is 1. The van der Waals surface area contributed by atoms with Crippen molar-refractivity contribution < 1.29 is 33.8 Å². The number of hydrogen-bond donors (Lipinski definition) is 1. The van der Waals surface area contributed by atoms with Gasteiger partial charge in [-0.1, -0.05) is 30.9 Å². The zero-order valence-electron chi connectivity index (χ0n) is 22.5. The van der Waals surface area contributed by atoms with Crippen molar-refractivity contribution in [2.45, 2.75) is 63.8 Å². The third kappa shape index (κ3) is 3.79. The van der Waals surface area contributed by atoms with Gasteiger partial charge in [0.2, 0.25) is 11.8 Å². The van der Waals surface area contributed by atoms with Crippen molar-refractivity contribution in [3.05, 3.63) is 52.1 Å². The molecular weight excluding hydrogens is 498 g/mol. The minimum Gasteiger partial charge on any atom is -0.508 e. The number of methoxy groups -OCH3 is 2. The number of carbonyl (C=O) groups excluding carboxylic acids is 4. The molecule has 1 aliphatic heterocycles. The average Bonchev–Trinajstić information content (AvgIpc) is 3.20. The molecule has 0 spiro atoms. The molecule has 204 valence electrons. The summed E-state index contributed by atoms with van der Waals surface area (Å²) in [6.07, 6.45) is 8.77. The molecule has 4 atom stereocenters. The summed E-state index contributed by atoms with van der Waals surface area (Å²) in [7, 11) is 2.94. The second-order valence-corrected chi connectivity index (χ2v) is 11.3. The van der Waals surface area contributed by atoms with E-state index in [1.165, 1.54) is 37.3 Å². The van der Waals surface area contributed by atoms with E-state index in [-0.39, 0.29) is 41.6 Å². The molecule has 8 nitrogen and oxygen atoms in total. The maximum absolute atomic E-state index is 14.0. The first-order chi connectivity index (χ1) is 18.8. The molecular formula is C31H33NO7. The molecule has 39 heavy (non-hydrogen) atoms. The van der Waals surface area contributed by atoms with Gasteiger partial charge < -0.3 is 14.6 Å². The van der Waals surface area contributed by atoms with Gasteiger partial charge in [0.1, 0.15) is 17.2 Å². The highest BCUT2D eigenvalue weighted by atomic mass is 16.5. The second kappa shape index (κ2) is 9.50. The number of phenolic OH excluding ortho intramolecular Hbond substituents is 1. The molecule has 1 aromatic carbocycles. The number of carbonyl (C=O) groups is 4. The fourth-order valence-electron chi connectivity index (χ4n) is 7.65. The number of aromatic hydroxyl groups is 1. The van der Waals surface area contributed by atoms with Crippen LogP contribution in [0.4, 0.5) is 0 Å². The van der Waals surface area contributed by atoms with Crippen LogP contribution in [-0.4, -0.2) is 53.6 Å². The van der Waals surface area contributed by atoms with Gasteiger partial charge in [0, 0.05) is 46.4 Å². The van der Waals surface area contributed by atoms with Crippen LogP contribution in [0.2, 0.25) is 0 Å². The van der Waals surface area contributed by atoms with Crippen LogP contribution in [0.3, 0.4) is 0 Å². The van der Waals surface area contributed by atoms with Gasteiger partial charge in [-0.15, -0.1) is 0 Å². The number of ether oxygens (including phenoxy) is 2. The van der Waals surface area contributed by atoms with Gasteiger partial charge in [-0.05, 0) is 44.6 Å². The van der Waals surface area contributed by atoms with E-state index in [4.69, 9.17) is 9.47 Å². The lowest BCUT2D eigenvalue weighted by Gasteiger charge is -2.42. The molecule has 1 N–H and O–H groups in total. The van der Waals surface area contributed by atoms with Gasteiger partial charge in [-0.25, -0.2) is 0 Å². The molecule has 1 aromatic rings. The van der Waals surface area contributed by atoms with Gasteiger partial charge in [0.15, 0.2) is 11.6 Å². The number of hydrogen-bond acceptors (Lipinski definition) is 7. The van der Waals surface area contributed by atoms with Crippen molar-refractivity contribution >= 4 is 23.4 Å². The summed E-state index contributed by atoms with van der Waals surface area (Å²) in [6, 6.07) is 2.85. The SMILES string of the molecule is COc1cc(O)cc(OC)c1[C@H]1C2=CC[C@@H]3C(=O)N(C4CCCCC4)C(=O)[C@@H]3[C@@H]2CC2=C1C(=O)C=C(C)C2=O. The smallest absolute Gasteiger partial charge is 0.233 e. The number of benzene rings is 1. The summed E-state index contributed by atoms with van der Waals surface area (Å²) in [4.78, 5) is 56.2. The topological polar surface area (TPSA) is 110 Å². The normalized spacial score (nSPS) is 29.1. The Labute approximate surface area is 227 Å². The van der Waals surface area contributed by atoms with Crippen LogP contribution in [0.1, 0.15) is 63.4 Å². The highest BCUT2D eigenvalue weighted by Gasteiger charge is 2.57. The van der Waals surface area contributed by atoms with E-state index in [0.29, 0.717) is 40.2 Å². The summed E-state index contributed by atoms with van der Waals surface area (Å²) < 4.78 is 11.3. The summed E-state index contributed by atoms with van der Waals surface area (Å²) in [6.45, 7) is 1.63. The second-order valence-electron chi connectivity index (χ2n) is 11.3. The molecule has 4 aliphatic carbocycles. The molecule has 5 aliphatic rings. The predicted octanol–water partition coefficient (Wildman–Crippen LogP) is 4.17. The molecule has 0 aromatic heterocycles. The molecule has 6 rings (SSSR count). The van der Waals surface area contributed by atoms with Gasteiger partial charge in [-0.3, -0.25) is 24.1 Å². The molecule has 0 radical (unpaired) electrons. The first-order valence-corrected chi connectivity index (χ1v) is 13.8. The zero-order chi connectivity index (χ0) is 27.6. The summed E-state index contributed by atoms with van der Waals surface area (Å²) in [5.41, 5.74) is 2.46. The molecule has 8 heteroatoms. The first-order valence-electron chi connectivity index (χ1n) is 13.8. The van der Waals surface area contributed by atoms with E-state index < -0.39 is 23.7 Å². The largest absolute Gasteiger partial charge is 0.508 e. The Bertz CT molecular complexity index is 1370. The van der Waals surface area contributed by atoms with Crippen LogP contribution in [0.25, 0.3) is 0 Å². The predicted molar refractivity (Wildman–Crippen MR) is 141 cm³/mol. The van der Waals surface area contributed by atoms with E-state index in [1.54, 1.807) is 6.92 Å².